The largest absolute Gasteiger partial charge is 0.389 e. The number of amides is 1. The summed E-state index contributed by atoms with van der Waals surface area (Å²) < 4.78 is 15.7. The summed E-state index contributed by atoms with van der Waals surface area (Å²) in [6.07, 6.45) is 4.69. The lowest BCUT2D eigenvalue weighted by Crippen LogP contribution is -2.61. The Bertz CT molecular complexity index is 1790. The summed E-state index contributed by atoms with van der Waals surface area (Å²) in [5.74, 6) is 0.713. The molecule has 6 heterocycles. The van der Waals surface area contributed by atoms with Crippen molar-refractivity contribution in [1.29, 1.82) is 5.26 Å². The Morgan fingerprint density at radius 2 is 1.91 bits per heavy atom. The molecule has 1 aromatic carbocycles. The number of β-amino-alcohol motifs (C(OH)–C–C–N with tert-alkyl or cyclic N) is 1. The molecule has 4 aromatic rings. The molecular weight excluding hydrogens is 591 g/mol. The molecule has 3 aliphatic heterocycles. The smallest absolute Gasteiger partial charge is 0.236 e. The quantitative estimate of drug-likeness (QED) is 0.325. The van der Waals surface area contributed by atoms with Gasteiger partial charge in [0.15, 0.2) is 5.13 Å². The molecule has 0 bridgehead atoms. The van der Waals surface area contributed by atoms with E-state index in [4.69, 9.17) is 9.97 Å². The summed E-state index contributed by atoms with van der Waals surface area (Å²) in [5.41, 5.74) is 5.61. The Morgan fingerprint density at radius 3 is 2.56 bits per heavy atom. The summed E-state index contributed by atoms with van der Waals surface area (Å²) in [5, 5.41) is 20.1. The molecule has 234 valence electrons. The minimum absolute atomic E-state index is 0.121. The number of imidazole rings is 1. The third kappa shape index (κ3) is 5.32. The van der Waals surface area contributed by atoms with Crippen molar-refractivity contribution in [1.82, 2.24) is 24.2 Å². The summed E-state index contributed by atoms with van der Waals surface area (Å²) in [6, 6.07) is 10.6. The number of hydrogen-bond donors (Lipinski definition) is 1. The zero-order valence-electron chi connectivity index (χ0n) is 25.8. The van der Waals surface area contributed by atoms with Crippen molar-refractivity contribution in [2.24, 2.45) is 5.41 Å². The first-order valence-corrected chi connectivity index (χ1v) is 16.3. The summed E-state index contributed by atoms with van der Waals surface area (Å²) in [4.78, 5) is 31.3. The minimum atomic E-state index is -0.362. The molecule has 1 N–H and O–H groups in total. The lowest BCUT2D eigenvalue weighted by atomic mass is 9.72. The molecule has 45 heavy (non-hydrogen) atoms. The van der Waals surface area contributed by atoms with Crippen LogP contribution in [0.5, 0.6) is 0 Å². The van der Waals surface area contributed by atoms with E-state index in [1.165, 1.54) is 23.5 Å². The average Bonchev–Trinajstić information content (AvgIpc) is 3.61. The molecule has 0 unspecified atom stereocenters. The van der Waals surface area contributed by atoms with Crippen LogP contribution in [0.3, 0.4) is 0 Å². The average molecular weight is 629 g/mol. The van der Waals surface area contributed by atoms with Crippen LogP contribution in [0.15, 0.2) is 36.5 Å². The Labute approximate surface area is 265 Å². The summed E-state index contributed by atoms with van der Waals surface area (Å²) >= 11 is 1.32. The fourth-order valence-corrected chi connectivity index (χ4v) is 7.76. The normalized spacial score (nSPS) is 18.2. The van der Waals surface area contributed by atoms with E-state index in [1.54, 1.807) is 17.0 Å². The monoisotopic (exact) mass is 628 g/mol. The van der Waals surface area contributed by atoms with Crippen LogP contribution in [0.2, 0.25) is 0 Å². The standard InChI is InChI=1S/C33H37FN8O2S/c1-4-26-31(38(3)32-37-29(27(14-35)45-32)22-5-7-23(34)8-6-22)42-15-24(13-21(2)30(42)36-26)41-19-33(20-41)9-11-39(12-10-33)18-28(44)40-16-25(43)17-40/h5-8,13,15,25,43H,4,9-12,16-20H2,1-3H3. The second-order valence-electron chi connectivity index (χ2n) is 12.7. The van der Waals surface area contributed by atoms with Crippen molar-refractivity contribution < 1.29 is 14.3 Å². The van der Waals surface area contributed by atoms with Gasteiger partial charge in [0.2, 0.25) is 5.91 Å². The number of halogens is 1. The van der Waals surface area contributed by atoms with Gasteiger partial charge in [0.1, 0.15) is 33.9 Å². The van der Waals surface area contributed by atoms with Crippen molar-refractivity contribution in [3.63, 3.8) is 0 Å². The predicted molar refractivity (Wildman–Crippen MR) is 172 cm³/mol. The van der Waals surface area contributed by atoms with Gasteiger partial charge in [-0.3, -0.25) is 14.1 Å². The highest BCUT2D eigenvalue weighted by Gasteiger charge is 2.45. The third-order valence-electron chi connectivity index (χ3n) is 9.62. The van der Waals surface area contributed by atoms with Crippen LogP contribution in [0.1, 0.15) is 35.9 Å². The lowest BCUT2D eigenvalue weighted by Gasteiger charge is -2.55. The fourth-order valence-electron chi connectivity index (χ4n) is 6.91. The molecule has 7 rings (SSSR count). The van der Waals surface area contributed by atoms with Crippen molar-refractivity contribution >= 4 is 39.5 Å². The van der Waals surface area contributed by atoms with Gasteiger partial charge in [0.25, 0.3) is 0 Å². The zero-order chi connectivity index (χ0) is 31.5. The van der Waals surface area contributed by atoms with Crippen molar-refractivity contribution in [3.05, 3.63) is 58.5 Å². The Hall–Kier alpha value is -4.05. The molecule has 0 radical (unpaired) electrons. The highest BCUT2D eigenvalue weighted by molar-refractivity contribution is 7.16. The first kappa shape index (κ1) is 29.6. The number of thiazole rings is 1. The van der Waals surface area contributed by atoms with Crippen molar-refractivity contribution in [2.75, 3.05) is 62.7 Å². The van der Waals surface area contributed by atoms with Gasteiger partial charge in [0.05, 0.1) is 24.0 Å². The van der Waals surface area contributed by atoms with E-state index >= 15 is 0 Å². The molecule has 3 aliphatic rings. The highest BCUT2D eigenvalue weighted by atomic mass is 32.1. The van der Waals surface area contributed by atoms with Crippen LogP contribution >= 0.6 is 11.3 Å². The number of hydrogen-bond acceptors (Lipinski definition) is 9. The second kappa shape index (κ2) is 11.4. The number of anilines is 3. The number of carbonyl (C=O) groups is 1. The minimum Gasteiger partial charge on any atom is -0.389 e. The number of piperidine rings is 1. The van der Waals surface area contributed by atoms with Crippen LogP contribution in [0.4, 0.5) is 21.0 Å². The Kier molecular flexibility index (Phi) is 7.50. The number of aliphatic hydroxyl groups excluding tert-OH is 1. The van der Waals surface area contributed by atoms with Crippen LogP contribution < -0.4 is 9.80 Å². The van der Waals surface area contributed by atoms with Gasteiger partial charge < -0.3 is 19.8 Å². The van der Waals surface area contributed by atoms with Crippen LogP contribution in [0.25, 0.3) is 16.9 Å². The van der Waals surface area contributed by atoms with Crippen LogP contribution in [-0.2, 0) is 11.2 Å². The van der Waals surface area contributed by atoms with Gasteiger partial charge in [0, 0.05) is 50.4 Å². The van der Waals surface area contributed by atoms with E-state index in [9.17, 15) is 19.6 Å². The highest BCUT2D eigenvalue weighted by Crippen LogP contribution is 2.44. The maximum absolute atomic E-state index is 13.6. The summed E-state index contributed by atoms with van der Waals surface area (Å²) in [6.45, 7) is 9.37. The number of carbonyl (C=O) groups excluding carboxylic acids is 1. The van der Waals surface area contributed by atoms with Gasteiger partial charge in [-0.1, -0.05) is 18.3 Å². The van der Waals surface area contributed by atoms with E-state index in [2.05, 4.69) is 46.4 Å². The number of rotatable bonds is 7. The second-order valence-corrected chi connectivity index (χ2v) is 13.7. The molecule has 3 fully saturated rings. The van der Waals surface area contributed by atoms with Gasteiger partial charge in [-0.15, -0.1) is 0 Å². The number of aliphatic hydroxyl groups is 1. The number of benzene rings is 1. The van der Waals surface area contributed by atoms with E-state index < -0.39 is 0 Å². The van der Waals surface area contributed by atoms with Crippen LogP contribution in [0, 0.1) is 29.5 Å². The first-order valence-electron chi connectivity index (χ1n) is 15.5. The number of pyridine rings is 1. The molecule has 0 atom stereocenters. The van der Waals surface area contributed by atoms with Gasteiger partial charge in [-0.05, 0) is 75.2 Å². The van der Waals surface area contributed by atoms with E-state index in [0.29, 0.717) is 40.9 Å². The molecule has 3 saturated heterocycles. The van der Waals surface area contributed by atoms with Gasteiger partial charge >= 0.3 is 0 Å². The topological polar surface area (TPSA) is 104 Å². The number of nitrogens with zero attached hydrogens (tertiary/aromatic N) is 8. The molecular formula is C33H37FN8O2S. The number of aryl methyl sites for hydroxylation is 2. The van der Waals surface area contributed by atoms with Crippen molar-refractivity contribution in [3.8, 4) is 17.3 Å². The Morgan fingerprint density at radius 1 is 1.20 bits per heavy atom. The summed E-state index contributed by atoms with van der Waals surface area (Å²) in [7, 11) is 1.96. The van der Waals surface area contributed by atoms with E-state index in [-0.39, 0.29) is 23.2 Å². The number of likely N-dealkylation sites (tertiary alicyclic amines) is 2. The molecule has 0 aliphatic carbocycles. The van der Waals surface area contributed by atoms with Crippen molar-refractivity contribution in [2.45, 2.75) is 39.2 Å². The third-order valence-corrected chi connectivity index (χ3v) is 10.7. The molecule has 10 nitrogen and oxygen atoms in total. The van der Waals surface area contributed by atoms with Crippen LogP contribution in [-0.4, -0.2) is 94.1 Å². The Balaban J connectivity index is 1.10. The molecule has 0 saturated carbocycles. The first-order chi connectivity index (χ1) is 21.7. The van der Waals surface area contributed by atoms with Gasteiger partial charge in [-0.25, -0.2) is 14.4 Å². The van der Waals surface area contributed by atoms with E-state index in [0.717, 1.165) is 73.9 Å². The molecule has 1 amide bonds. The SMILES string of the molecule is CCc1nc2c(C)cc(N3CC4(CCN(CC(=O)N5CC(O)C5)CC4)C3)cn2c1N(C)c1nc(-c2ccc(F)cc2)c(C#N)s1. The zero-order valence-corrected chi connectivity index (χ0v) is 26.6. The predicted octanol–water partition coefficient (Wildman–Crippen LogP) is 4.21. The number of aromatic nitrogens is 3. The van der Waals surface area contributed by atoms with E-state index in [1.807, 2.05) is 11.9 Å². The number of nitriles is 1. The lowest BCUT2D eigenvalue weighted by molar-refractivity contribution is -0.143. The number of fused-ring (bicyclic) bond motifs is 1. The molecule has 1 spiro atoms. The van der Waals surface area contributed by atoms with Gasteiger partial charge in [-0.2, -0.15) is 5.26 Å². The molecule has 12 heteroatoms. The fraction of sp³-hybridized carbons (Fsp3) is 0.455. The molecule has 3 aromatic heterocycles. The maximum Gasteiger partial charge on any atom is 0.236 e. The maximum atomic E-state index is 13.6.